The number of carbonyl (C=O) groups is 2. The summed E-state index contributed by atoms with van der Waals surface area (Å²) >= 11 is 11.6. The Bertz CT molecular complexity index is 962. The third kappa shape index (κ3) is 5.09. The molecule has 0 unspecified atom stereocenters. The van der Waals surface area contributed by atoms with Crippen LogP contribution in [0.5, 0.6) is 0 Å². The van der Waals surface area contributed by atoms with E-state index in [4.69, 9.17) is 38.8 Å². The summed E-state index contributed by atoms with van der Waals surface area (Å²) in [6.45, 7) is -0.598. The molecule has 0 aliphatic heterocycles. The predicted octanol–water partition coefficient (Wildman–Crippen LogP) is 2.02. The third-order valence-electron chi connectivity index (χ3n) is 3.12. The maximum Gasteiger partial charge on any atom is 0.340 e. The Labute approximate surface area is 159 Å². The van der Waals surface area contributed by atoms with Gasteiger partial charge in [0, 0.05) is 10.7 Å². The van der Waals surface area contributed by atoms with Gasteiger partial charge in [0.05, 0.1) is 21.2 Å². The normalized spacial score (nSPS) is 11.0. The lowest BCUT2D eigenvalue weighted by Crippen LogP contribution is -2.21. The average molecular weight is 418 g/mol. The summed E-state index contributed by atoms with van der Waals surface area (Å²) in [5.41, 5.74) is 5.90. The Morgan fingerprint density at radius 1 is 1.12 bits per heavy atom. The molecular weight excluding hydrogens is 405 g/mol. The zero-order valence-corrected chi connectivity index (χ0v) is 15.4. The molecule has 2 aromatic carbocycles. The molecule has 8 nitrogen and oxygen atoms in total. The number of benzene rings is 2. The molecule has 0 saturated carbocycles. The van der Waals surface area contributed by atoms with Crippen LogP contribution in [-0.2, 0) is 19.6 Å². The van der Waals surface area contributed by atoms with Gasteiger partial charge in [-0.25, -0.2) is 18.4 Å². The van der Waals surface area contributed by atoms with Gasteiger partial charge in [-0.15, -0.1) is 0 Å². The Morgan fingerprint density at radius 3 is 2.31 bits per heavy atom. The van der Waals surface area contributed by atoms with Crippen LogP contribution < -0.4 is 16.2 Å². The molecule has 0 aromatic heterocycles. The number of nitrogen functional groups attached to an aromatic ring is 1. The first kappa shape index (κ1) is 20.0. The number of nitrogens with one attached hydrogen (secondary N) is 1. The van der Waals surface area contributed by atoms with Crippen molar-refractivity contribution in [3.8, 4) is 0 Å². The number of hydrogen-bond acceptors (Lipinski definition) is 6. The zero-order chi connectivity index (χ0) is 19.5. The molecular formula is C15H13Cl2N3O5S. The summed E-state index contributed by atoms with van der Waals surface area (Å²) in [6, 6.07) is 7.78. The zero-order valence-electron chi connectivity index (χ0n) is 13.0. The maximum atomic E-state index is 12.0. The van der Waals surface area contributed by atoms with E-state index >= 15 is 0 Å². The van der Waals surface area contributed by atoms with E-state index in [2.05, 4.69) is 5.32 Å². The van der Waals surface area contributed by atoms with E-state index in [-0.39, 0.29) is 26.2 Å². The van der Waals surface area contributed by atoms with Gasteiger partial charge >= 0.3 is 5.97 Å². The molecule has 5 N–H and O–H groups in total. The molecule has 1 amide bonds. The molecule has 26 heavy (non-hydrogen) atoms. The second-order valence-electron chi connectivity index (χ2n) is 5.04. The molecule has 0 saturated heterocycles. The lowest BCUT2D eigenvalue weighted by atomic mass is 10.2. The third-order valence-corrected chi connectivity index (χ3v) is 4.58. The number of amides is 1. The highest BCUT2D eigenvalue weighted by molar-refractivity contribution is 7.89. The minimum atomic E-state index is -3.83. The predicted molar refractivity (Wildman–Crippen MR) is 97.6 cm³/mol. The minimum Gasteiger partial charge on any atom is -0.452 e. The summed E-state index contributed by atoms with van der Waals surface area (Å²) in [5.74, 6) is -1.51. The molecule has 0 spiro atoms. The minimum absolute atomic E-state index is 0.0138. The number of hydrogen-bond donors (Lipinski definition) is 3. The molecule has 0 fully saturated rings. The summed E-state index contributed by atoms with van der Waals surface area (Å²) in [6.07, 6.45) is 0. The number of nitrogens with two attached hydrogens (primary N) is 2. The smallest absolute Gasteiger partial charge is 0.340 e. The number of carbonyl (C=O) groups excluding carboxylic acids is 2. The fourth-order valence-corrected chi connectivity index (χ4v) is 2.90. The standard InChI is InChI=1S/C15H13Cl2N3O5S/c16-8-5-11(14(18)12(17)6-8)15(22)25-7-13(21)20-9-1-3-10(4-2-9)26(19,23)24/h1-6H,7,18H2,(H,20,21)(H2,19,23,24). The molecule has 0 aliphatic rings. The van der Waals surface area contributed by atoms with E-state index < -0.39 is 28.5 Å². The molecule has 11 heteroatoms. The Hall–Kier alpha value is -2.33. The fourth-order valence-electron chi connectivity index (χ4n) is 1.89. The highest BCUT2D eigenvalue weighted by Crippen LogP contribution is 2.28. The van der Waals surface area contributed by atoms with Gasteiger partial charge in [-0.1, -0.05) is 23.2 Å². The van der Waals surface area contributed by atoms with Crippen molar-refractivity contribution in [1.29, 1.82) is 0 Å². The van der Waals surface area contributed by atoms with E-state index in [9.17, 15) is 18.0 Å². The van der Waals surface area contributed by atoms with Gasteiger partial charge < -0.3 is 15.8 Å². The van der Waals surface area contributed by atoms with Crippen molar-refractivity contribution in [3.05, 3.63) is 52.0 Å². The van der Waals surface area contributed by atoms with Crippen molar-refractivity contribution in [2.75, 3.05) is 17.7 Å². The summed E-state index contributed by atoms with van der Waals surface area (Å²) < 4.78 is 27.2. The lowest BCUT2D eigenvalue weighted by Gasteiger charge is -2.09. The van der Waals surface area contributed by atoms with Gasteiger partial charge in [0.25, 0.3) is 5.91 Å². The second-order valence-corrected chi connectivity index (χ2v) is 7.45. The first-order chi connectivity index (χ1) is 12.1. The van der Waals surface area contributed by atoms with Crippen molar-refractivity contribution in [1.82, 2.24) is 0 Å². The Balaban J connectivity index is 1.98. The molecule has 138 valence electrons. The fraction of sp³-hybridized carbons (Fsp3) is 0.0667. The van der Waals surface area contributed by atoms with E-state index in [1.807, 2.05) is 0 Å². The van der Waals surface area contributed by atoms with E-state index in [1.54, 1.807) is 0 Å². The van der Waals surface area contributed by atoms with Crippen molar-refractivity contribution in [3.63, 3.8) is 0 Å². The van der Waals surface area contributed by atoms with Gasteiger partial charge in [0.15, 0.2) is 6.61 Å². The van der Waals surface area contributed by atoms with Crippen LogP contribution in [0.4, 0.5) is 11.4 Å². The van der Waals surface area contributed by atoms with E-state index in [0.29, 0.717) is 5.69 Å². The van der Waals surface area contributed by atoms with Crippen LogP contribution >= 0.6 is 23.2 Å². The average Bonchev–Trinajstić information content (AvgIpc) is 2.55. The SMILES string of the molecule is Nc1c(Cl)cc(Cl)cc1C(=O)OCC(=O)Nc1ccc(S(N)(=O)=O)cc1. The largest absolute Gasteiger partial charge is 0.452 e. The Kier molecular flexibility index (Phi) is 6.09. The Morgan fingerprint density at radius 2 is 1.73 bits per heavy atom. The topological polar surface area (TPSA) is 142 Å². The monoisotopic (exact) mass is 417 g/mol. The lowest BCUT2D eigenvalue weighted by molar-refractivity contribution is -0.119. The molecule has 2 aromatic rings. The second kappa shape index (κ2) is 7.92. The maximum absolute atomic E-state index is 12.0. The first-order valence-electron chi connectivity index (χ1n) is 6.92. The number of anilines is 2. The van der Waals surface area contributed by atoms with Crippen LogP contribution in [0.3, 0.4) is 0 Å². The summed E-state index contributed by atoms with van der Waals surface area (Å²) in [7, 11) is -3.83. The van der Waals surface area contributed by atoms with Crippen molar-refractivity contribution < 1.29 is 22.7 Å². The van der Waals surface area contributed by atoms with Gasteiger partial charge in [-0.2, -0.15) is 0 Å². The van der Waals surface area contributed by atoms with Crippen LogP contribution in [0, 0.1) is 0 Å². The molecule has 0 bridgehead atoms. The number of halogens is 2. The van der Waals surface area contributed by atoms with E-state index in [0.717, 1.165) is 0 Å². The van der Waals surface area contributed by atoms with Crippen LogP contribution in [0.25, 0.3) is 0 Å². The molecule has 0 heterocycles. The van der Waals surface area contributed by atoms with Crippen molar-refractivity contribution >= 4 is 56.5 Å². The van der Waals surface area contributed by atoms with Crippen molar-refractivity contribution in [2.24, 2.45) is 5.14 Å². The number of ether oxygens (including phenoxy) is 1. The van der Waals surface area contributed by atoms with Crippen molar-refractivity contribution in [2.45, 2.75) is 4.90 Å². The van der Waals surface area contributed by atoms with Crippen LogP contribution in [0.15, 0.2) is 41.3 Å². The number of sulfonamides is 1. The van der Waals surface area contributed by atoms with Gasteiger partial charge in [-0.05, 0) is 36.4 Å². The number of primary sulfonamides is 1. The summed E-state index contributed by atoms with van der Waals surface area (Å²) in [5, 5.41) is 7.68. The summed E-state index contributed by atoms with van der Waals surface area (Å²) in [4.78, 5) is 23.7. The molecule has 0 atom stereocenters. The van der Waals surface area contributed by atoms with Gasteiger partial charge in [0.1, 0.15) is 0 Å². The number of esters is 1. The molecule has 2 rings (SSSR count). The first-order valence-corrected chi connectivity index (χ1v) is 9.22. The quantitative estimate of drug-likeness (QED) is 0.501. The number of rotatable bonds is 5. The van der Waals surface area contributed by atoms with Gasteiger partial charge in [-0.3, -0.25) is 4.79 Å². The molecule has 0 radical (unpaired) electrons. The molecule has 0 aliphatic carbocycles. The van der Waals surface area contributed by atoms with E-state index in [1.165, 1.54) is 36.4 Å². The van der Waals surface area contributed by atoms with Crippen LogP contribution in [0.1, 0.15) is 10.4 Å². The van der Waals surface area contributed by atoms with Crippen LogP contribution in [0.2, 0.25) is 10.0 Å². The van der Waals surface area contributed by atoms with Crippen LogP contribution in [-0.4, -0.2) is 26.9 Å². The highest BCUT2D eigenvalue weighted by Gasteiger charge is 2.17. The van der Waals surface area contributed by atoms with Gasteiger partial charge in [0.2, 0.25) is 10.0 Å². The highest BCUT2D eigenvalue weighted by atomic mass is 35.5.